The topological polar surface area (TPSA) is 73.3 Å². The van der Waals surface area contributed by atoms with Crippen LogP contribution in [0.15, 0.2) is 60.8 Å². The number of carbonyl (C=O) groups excluding carboxylic acids is 1. The second kappa shape index (κ2) is 13.3. The van der Waals surface area contributed by atoms with Crippen molar-refractivity contribution in [3.05, 3.63) is 89.0 Å². The smallest absolute Gasteiger partial charge is 0.345 e. The van der Waals surface area contributed by atoms with E-state index in [-0.39, 0.29) is 24.3 Å². The molecule has 1 aliphatic carbocycles. The van der Waals surface area contributed by atoms with Gasteiger partial charge in [-0.3, -0.25) is 9.78 Å². The third-order valence-corrected chi connectivity index (χ3v) is 8.06. The number of carbonyl (C=O) groups is 1. The van der Waals surface area contributed by atoms with E-state index in [0.717, 1.165) is 30.0 Å². The van der Waals surface area contributed by atoms with Crippen LogP contribution in [0, 0.1) is 24.6 Å². The van der Waals surface area contributed by atoms with Gasteiger partial charge in [0.15, 0.2) is 0 Å². The van der Waals surface area contributed by atoms with Crippen LogP contribution >= 0.6 is 0 Å². The van der Waals surface area contributed by atoms with Crippen LogP contribution in [0.5, 0.6) is 5.75 Å². The van der Waals surface area contributed by atoms with Crippen LogP contribution in [0.3, 0.4) is 0 Å². The number of aromatic nitrogens is 2. The fourth-order valence-corrected chi connectivity index (χ4v) is 5.54. The van der Waals surface area contributed by atoms with Crippen molar-refractivity contribution in [2.45, 2.75) is 45.1 Å². The van der Waals surface area contributed by atoms with Gasteiger partial charge >= 0.3 is 6.61 Å². The van der Waals surface area contributed by atoms with Crippen LogP contribution in [0.4, 0.5) is 22.0 Å². The molecule has 11 heteroatoms. The zero-order valence-corrected chi connectivity index (χ0v) is 24.4. The Morgan fingerprint density at radius 3 is 2.43 bits per heavy atom. The van der Waals surface area contributed by atoms with Crippen LogP contribution in [-0.4, -0.2) is 49.2 Å². The van der Waals surface area contributed by atoms with Crippen molar-refractivity contribution in [3.63, 3.8) is 0 Å². The highest BCUT2D eigenvalue weighted by molar-refractivity contribution is 5.98. The van der Waals surface area contributed by atoms with Crippen molar-refractivity contribution in [1.82, 2.24) is 15.3 Å². The van der Waals surface area contributed by atoms with E-state index in [0.29, 0.717) is 46.3 Å². The fourth-order valence-electron chi connectivity index (χ4n) is 5.54. The predicted octanol–water partition coefficient (Wildman–Crippen LogP) is 7.51. The summed E-state index contributed by atoms with van der Waals surface area (Å²) in [7, 11) is 0.949. The summed E-state index contributed by atoms with van der Waals surface area (Å²) in [4.78, 5) is 22.5. The first-order valence-corrected chi connectivity index (χ1v) is 14.2. The first kappa shape index (κ1) is 31.3. The molecular weight excluding hydrogens is 581 g/mol. The standard InChI is InChI=1S/C31H28F3N3O2.C2H4F2O/c1-16-9-20-11-19(5-8-26(20)35-13-16)31(38)36-14-24(22-10-17(22)2)27-12-23-25(30(33)34)15-39-29(23)28(37-27)18-3-6-21(32)7-4-18;1-5-2(3)4/h3-9,11-13,17,22,24-25,30H,10,14-15H2,1-2H3,(H,36,38);2H,1H3. The number of methoxy groups -OCH3 is 1. The van der Waals surface area contributed by atoms with Crippen molar-refractivity contribution >= 4 is 16.8 Å². The number of fused-ring (bicyclic) bond motifs is 2. The molecule has 4 aromatic rings. The molecule has 1 aliphatic heterocycles. The Labute approximate surface area is 251 Å². The lowest BCUT2D eigenvalue weighted by atomic mass is 9.92. The molecule has 2 aromatic carbocycles. The van der Waals surface area contributed by atoms with E-state index < -0.39 is 24.8 Å². The van der Waals surface area contributed by atoms with Gasteiger partial charge in [-0.2, -0.15) is 8.78 Å². The molecule has 2 aliphatic rings. The minimum atomic E-state index is -2.62. The van der Waals surface area contributed by atoms with Crippen molar-refractivity contribution in [1.29, 1.82) is 0 Å². The van der Waals surface area contributed by atoms with Crippen LogP contribution < -0.4 is 10.1 Å². The molecule has 2 aromatic heterocycles. The van der Waals surface area contributed by atoms with Gasteiger partial charge in [-0.05, 0) is 85.3 Å². The number of alkyl halides is 4. The van der Waals surface area contributed by atoms with Gasteiger partial charge in [0.2, 0.25) is 6.43 Å². The third-order valence-electron chi connectivity index (χ3n) is 8.06. The summed E-state index contributed by atoms with van der Waals surface area (Å²) in [5.41, 5.74) is 4.41. The highest BCUT2D eigenvalue weighted by Gasteiger charge is 2.43. The van der Waals surface area contributed by atoms with Crippen LogP contribution in [0.2, 0.25) is 0 Å². The zero-order chi connectivity index (χ0) is 31.5. The molecule has 3 heterocycles. The van der Waals surface area contributed by atoms with Gasteiger partial charge in [0.25, 0.3) is 5.91 Å². The van der Waals surface area contributed by atoms with E-state index in [2.05, 4.69) is 22.0 Å². The second-order valence-corrected chi connectivity index (χ2v) is 11.2. The number of ether oxygens (including phenoxy) is 2. The van der Waals surface area contributed by atoms with E-state index in [9.17, 15) is 26.7 Å². The fraction of sp³-hybridized carbons (Fsp3) is 0.364. The van der Waals surface area contributed by atoms with Gasteiger partial charge in [-0.15, -0.1) is 0 Å². The summed E-state index contributed by atoms with van der Waals surface area (Å²) in [5, 5.41) is 3.95. The number of rotatable bonds is 8. The molecule has 1 fully saturated rings. The van der Waals surface area contributed by atoms with Crippen LogP contribution in [-0.2, 0) is 4.74 Å². The van der Waals surface area contributed by atoms with E-state index in [4.69, 9.17) is 9.72 Å². The monoisotopic (exact) mass is 613 g/mol. The summed E-state index contributed by atoms with van der Waals surface area (Å²) in [6.07, 6.45) is 0.157. The number of nitrogens with zero attached hydrogens (tertiary/aromatic N) is 2. The van der Waals surface area contributed by atoms with Gasteiger partial charge in [0, 0.05) is 53.5 Å². The minimum Gasteiger partial charge on any atom is -0.490 e. The summed E-state index contributed by atoms with van der Waals surface area (Å²) in [5.74, 6) is -0.849. The van der Waals surface area contributed by atoms with Crippen molar-refractivity contribution in [2.24, 2.45) is 11.8 Å². The van der Waals surface area contributed by atoms with E-state index in [1.165, 1.54) is 12.1 Å². The molecule has 0 bridgehead atoms. The molecule has 1 saturated carbocycles. The maximum absolute atomic E-state index is 13.9. The largest absolute Gasteiger partial charge is 0.490 e. The SMILES string of the molecule is COC(F)F.Cc1cnc2ccc(C(=O)NCC(c3cc4c(c(-c5ccc(F)cc5)n3)OCC4C(F)F)C3CC3C)cc2c1. The number of amides is 1. The van der Waals surface area contributed by atoms with Gasteiger partial charge < -0.3 is 14.8 Å². The Balaban J connectivity index is 0.000000712. The number of halogens is 5. The van der Waals surface area contributed by atoms with Gasteiger partial charge in [-0.25, -0.2) is 18.2 Å². The molecule has 4 atom stereocenters. The van der Waals surface area contributed by atoms with Crippen LogP contribution in [0.25, 0.3) is 22.2 Å². The van der Waals surface area contributed by atoms with Gasteiger partial charge in [-0.1, -0.05) is 6.92 Å². The Morgan fingerprint density at radius 1 is 1.09 bits per heavy atom. The molecule has 6 nitrogen and oxygen atoms in total. The Hall–Kier alpha value is -4.12. The molecule has 0 radical (unpaired) electrons. The number of nitrogens with one attached hydrogen (secondary N) is 1. The van der Waals surface area contributed by atoms with E-state index in [1.807, 2.05) is 25.1 Å². The van der Waals surface area contributed by atoms with Crippen molar-refractivity contribution < 1.29 is 36.2 Å². The lowest BCUT2D eigenvalue weighted by molar-refractivity contribution is -0.105. The highest BCUT2D eigenvalue weighted by Crippen LogP contribution is 2.50. The van der Waals surface area contributed by atoms with E-state index in [1.54, 1.807) is 30.5 Å². The normalized spacial score (nSPS) is 19.3. The summed E-state index contributed by atoms with van der Waals surface area (Å²) in [6, 6.07) is 14.9. The molecular formula is C33H32F5N3O3. The Kier molecular flexibility index (Phi) is 9.43. The first-order chi connectivity index (χ1) is 21.0. The van der Waals surface area contributed by atoms with E-state index >= 15 is 0 Å². The predicted molar refractivity (Wildman–Crippen MR) is 156 cm³/mol. The van der Waals surface area contributed by atoms with Gasteiger partial charge in [0.1, 0.15) is 23.9 Å². The molecule has 44 heavy (non-hydrogen) atoms. The van der Waals surface area contributed by atoms with Gasteiger partial charge in [0.05, 0.1) is 11.4 Å². The minimum absolute atomic E-state index is 0.135. The lowest BCUT2D eigenvalue weighted by Crippen LogP contribution is -2.30. The summed E-state index contributed by atoms with van der Waals surface area (Å²) < 4.78 is 71.7. The Morgan fingerprint density at radius 2 is 1.80 bits per heavy atom. The molecule has 0 saturated heterocycles. The second-order valence-electron chi connectivity index (χ2n) is 11.2. The number of hydrogen-bond donors (Lipinski definition) is 1. The van der Waals surface area contributed by atoms with Crippen LogP contribution in [0.1, 0.15) is 52.4 Å². The number of hydrogen-bond acceptors (Lipinski definition) is 5. The third kappa shape index (κ3) is 6.99. The quantitative estimate of drug-likeness (QED) is 0.208. The summed E-state index contributed by atoms with van der Waals surface area (Å²) >= 11 is 0. The number of benzene rings is 2. The average molecular weight is 614 g/mol. The molecule has 1 N–H and O–H groups in total. The molecule has 0 spiro atoms. The molecule has 232 valence electrons. The van der Waals surface area contributed by atoms with Crippen molar-refractivity contribution in [3.8, 4) is 17.0 Å². The highest BCUT2D eigenvalue weighted by atomic mass is 19.3. The molecule has 1 amide bonds. The first-order valence-electron chi connectivity index (χ1n) is 14.2. The summed E-state index contributed by atoms with van der Waals surface area (Å²) in [6.45, 7) is 1.65. The average Bonchev–Trinajstić information content (AvgIpc) is 3.56. The lowest BCUT2D eigenvalue weighted by Gasteiger charge is -2.20. The number of aryl methyl sites for hydroxylation is 1. The zero-order valence-electron chi connectivity index (χ0n) is 24.4. The molecule has 4 unspecified atom stereocenters. The Bertz CT molecular complexity index is 1630. The molecule has 6 rings (SSSR count). The maximum Gasteiger partial charge on any atom is 0.345 e. The number of pyridine rings is 2. The maximum atomic E-state index is 13.9. The van der Waals surface area contributed by atoms with Crippen molar-refractivity contribution in [2.75, 3.05) is 20.3 Å².